The van der Waals surface area contributed by atoms with E-state index in [2.05, 4.69) is 20.7 Å². The molecule has 6 nitrogen and oxygen atoms in total. The summed E-state index contributed by atoms with van der Waals surface area (Å²) in [4.78, 5) is 18.5. The predicted molar refractivity (Wildman–Crippen MR) is 87.4 cm³/mol. The summed E-state index contributed by atoms with van der Waals surface area (Å²) in [6.45, 7) is 0.674. The Morgan fingerprint density at radius 3 is 2.96 bits per heavy atom. The topological polar surface area (TPSA) is 83.6 Å². The second-order valence-corrected chi connectivity index (χ2v) is 7.55. The van der Waals surface area contributed by atoms with Gasteiger partial charge in [0.25, 0.3) is 0 Å². The molecule has 2 aromatic rings. The largest absolute Gasteiger partial charge is 0.355 e. The third-order valence-electron chi connectivity index (χ3n) is 4.77. The van der Waals surface area contributed by atoms with Gasteiger partial charge in [0.15, 0.2) is 0 Å². The van der Waals surface area contributed by atoms with Crippen LogP contribution >= 0.6 is 11.3 Å². The Morgan fingerprint density at radius 1 is 1.17 bits per heavy atom. The monoisotopic (exact) mass is 331 g/mol. The fourth-order valence-electron chi connectivity index (χ4n) is 3.46. The molecule has 0 bridgehead atoms. The number of aromatic nitrogens is 4. The lowest BCUT2D eigenvalue weighted by Gasteiger charge is -2.19. The van der Waals surface area contributed by atoms with Crippen LogP contribution in [-0.2, 0) is 36.9 Å². The first-order chi connectivity index (χ1) is 11.3. The van der Waals surface area contributed by atoms with Crippen LogP contribution in [-0.4, -0.2) is 32.8 Å². The van der Waals surface area contributed by atoms with Gasteiger partial charge >= 0.3 is 0 Å². The summed E-state index contributed by atoms with van der Waals surface area (Å²) in [5, 5.41) is 15.1. The Balaban J connectivity index is 1.28. The van der Waals surface area contributed by atoms with Gasteiger partial charge in [-0.15, -0.1) is 11.3 Å². The molecule has 1 atom stereocenters. The van der Waals surface area contributed by atoms with Crippen molar-refractivity contribution in [3.05, 3.63) is 27.0 Å². The first kappa shape index (κ1) is 14.8. The van der Waals surface area contributed by atoms with Crippen molar-refractivity contribution < 1.29 is 4.79 Å². The van der Waals surface area contributed by atoms with Gasteiger partial charge in [0, 0.05) is 30.2 Å². The van der Waals surface area contributed by atoms with Gasteiger partial charge in [-0.1, -0.05) is 0 Å². The molecule has 0 aromatic carbocycles. The molecule has 2 heterocycles. The average Bonchev–Trinajstić information content (AvgIpc) is 3.19. The van der Waals surface area contributed by atoms with Crippen molar-refractivity contribution in [1.82, 2.24) is 25.7 Å². The Morgan fingerprint density at radius 2 is 2.04 bits per heavy atom. The zero-order valence-corrected chi connectivity index (χ0v) is 13.9. The summed E-state index contributed by atoms with van der Waals surface area (Å²) in [5.41, 5.74) is 3.26. The summed E-state index contributed by atoms with van der Waals surface area (Å²) in [5.74, 6) is 0.164. The van der Waals surface area contributed by atoms with Crippen molar-refractivity contribution in [2.75, 3.05) is 6.54 Å². The molecule has 0 radical (unpaired) electrons. The van der Waals surface area contributed by atoms with E-state index in [4.69, 9.17) is 4.98 Å². The van der Waals surface area contributed by atoms with Gasteiger partial charge in [-0.2, -0.15) is 15.4 Å². The number of carbonyl (C=O) groups excluding carboxylic acids is 1. The summed E-state index contributed by atoms with van der Waals surface area (Å²) >= 11 is 1.83. The first-order valence-electron chi connectivity index (χ1n) is 8.43. The molecule has 0 saturated carbocycles. The number of thiazole rings is 1. The second-order valence-electron chi connectivity index (χ2n) is 6.38. The summed E-state index contributed by atoms with van der Waals surface area (Å²) in [6, 6.07) is 0. The maximum Gasteiger partial charge on any atom is 0.223 e. The van der Waals surface area contributed by atoms with Crippen molar-refractivity contribution in [3.63, 3.8) is 0 Å². The number of H-pyrrole nitrogens is 1. The quantitative estimate of drug-likeness (QED) is 0.891. The van der Waals surface area contributed by atoms with Crippen LogP contribution in [0.3, 0.4) is 0 Å². The molecule has 23 heavy (non-hydrogen) atoms. The fraction of sp³-hybridized carbons (Fsp3) is 0.625. The van der Waals surface area contributed by atoms with Gasteiger partial charge in [0.1, 0.15) is 0 Å². The SMILES string of the molecule is O=C(NCCc1nc2c(s1)CCCC2)[C@H]1CCc2n[nH]nc2C1. The van der Waals surface area contributed by atoms with E-state index in [0.717, 1.165) is 37.1 Å². The number of hydrogen-bond acceptors (Lipinski definition) is 5. The number of rotatable bonds is 4. The van der Waals surface area contributed by atoms with E-state index in [-0.39, 0.29) is 11.8 Å². The zero-order chi connectivity index (χ0) is 15.6. The molecule has 0 fully saturated rings. The first-order valence-corrected chi connectivity index (χ1v) is 9.25. The van der Waals surface area contributed by atoms with Gasteiger partial charge < -0.3 is 5.32 Å². The van der Waals surface area contributed by atoms with Crippen LogP contribution in [0.2, 0.25) is 0 Å². The highest BCUT2D eigenvalue weighted by atomic mass is 32.1. The highest BCUT2D eigenvalue weighted by Gasteiger charge is 2.27. The van der Waals surface area contributed by atoms with Crippen molar-refractivity contribution in [2.24, 2.45) is 5.92 Å². The number of aromatic amines is 1. The lowest BCUT2D eigenvalue weighted by Crippen LogP contribution is -2.35. The lowest BCUT2D eigenvalue weighted by atomic mass is 9.89. The number of nitrogens with one attached hydrogen (secondary N) is 2. The smallest absolute Gasteiger partial charge is 0.223 e. The molecule has 1 amide bonds. The van der Waals surface area contributed by atoms with Gasteiger partial charge in [-0.05, 0) is 38.5 Å². The van der Waals surface area contributed by atoms with Crippen LogP contribution in [0.15, 0.2) is 0 Å². The van der Waals surface area contributed by atoms with Crippen molar-refractivity contribution in [1.29, 1.82) is 0 Å². The Labute approximate surface area is 139 Å². The molecule has 0 spiro atoms. The predicted octanol–water partition coefficient (Wildman–Crippen LogP) is 1.60. The van der Waals surface area contributed by atoms with Crippen LogP contribution < -0.4 is 5.32 Å². The van der Waals surface area contributed by atoms with Crippen LogP contribution in [0, 0.1) is 5.92 Å². The minimum Gasteiger partial charge on any atom is -0.355 e. The molecular weight excluding hydrogens is 310 g/mol. The molecule has 0 aliphatic heterocycles. The summed E-state index contributed by atoms with van der Waals surface area (Å²) in [6.07, 6.45) is 8.09. The number of nitrogens with zero attached hydrogens (tertiary/aromatic N) is 3. The molecule has 2 aliphatic rings. The second kappa shape index (κ2) is 6.39. The molecule has 2 N–H and O–H groups in total. The van der Waals surface area contributed by atoms with Crippen LogP contribution in [0.25, 0.3) is 0 Å². The van der Waals surface area contributed by atoms with E-state index in [0.29, 0.717) is 13.0 Å². The third kappa shape index (κ3) is 3.15. The van der Waals surface area contributed by atoms with Crippen LogP contribution in [0.5, 0.6) is 0 Å². The van der Waals surface area contributed by atoms with Crippen LogP contribution in [0.1, 0.15) is 46.2 Å². The van der Waals surface area contributed by atoms with Crippen molar-refractivity contribution in [3.8, 4) is 0 Å². The molecular formula is C16H21N5OS. The van der Waals surface area contributed by atoms with E-state index in [1.807, 2.05) is 11.3 Å². The van der Waals surface area contributed by atoms with Crippen molar-refractivity contribution >= 4 is 17.2 Å². The average molecular weight is 331 g/mol. The van der Waals surface area contributed by atoms with Gasteiger partial charge in [-0.3, -0.25) is 4.79 Å². The minimum absolute atomic E-state index is 0.0251. The van der Waals surface area contributed by atoms with E-state index in [1.54, 1.807) is 0 Å². The molecule has 2 aromatic heterocycles. The van der Waals surface area contributed by atoms with Gasteiger partial charge in [0.2, 0.25) is 5.91 Å². The number of carbonyl (C=O) groups is 1. The van der Waals surface area contributed by atoms with Crippen LogP contribution in [0.4, 0.5) is 0 Å². The van der Waals surface area contributed by atoms with Crippen molar-refractivity contribution in [2.45, 2.75) is 51.4 Å². The fourth-order valence-corrected chi connectivity index (χ4v) is 4.61. The molecule has 122 valence electrons. The number of hydrogen-bond donors (Lipinski definition) is 2. The third-order valence-corrected chi connectivity index (χ3v) is 5.99. The summed E-state index contributed by atoms with van der Waals surface area (Å²) in [7, 11) is 0. The summed E-state index contributed by atoms with van der Waals surface area (Å²) < 4.78 is 0. The normalized spacial score (nSPS) is 19.9. The molecule has 2 aliphatic carbocycles. The minimum atomic E-state index is 0.0251. The standard InChI is InChI=1S/C16H21N5OS/c22-16(10-5-6-11-13(9-10)20-21-19-11)17-8-7-15-18-12-3-1-2-4-14(12)23-15/h10H,1-9H2,(H,17,22)(H,19,20,21)/t10-/m0/s1. The molecule has 7 heteroatoms. The van der Waals surface area contributed by atoms with Gasteiger partial charge in [0.05, 0.1) is 22.1 Å². The number of aryl methyl sites for hydroxylation is 3. The van der Waals surface area contributed by atoms with E-state index in [1.165, 1.54) is 34.8 Å². The van der Waals surface area contributed by atoms with E-state index in [9.17, 15) is 4.79 Å². The van der Waals surface area contributed by atoms with E-state index < -0.39 is 0 Å². The Hall–Kier alpha value is -1.76. The lowest BCUT2D eigenvalue weighted by molar-refractivity contribution is -0.125. The maximum absolute atomic E-state index is 12.3. The maximum atomic E-state index is 12.3. The highest BCUT2D eigenvalue weighted by molar-refractivity contribution is 7.11. The zero-order valence-electron chi connectivity index (χ0n) is 13.1. The number of amides is 1. The Kier molecular flexibility index (Phi) is 4.11. The van der Waals surface area contributed by atoms with Gasteiger partial charge in [-0.25, -0.2) is 4.98 Å². The van der Waals surface area contributed by atoms with E-state index >= 15 is 0 Å². The molecule has 4 rings (SSSR count). The Bertz CT molecular complexity index is 684. The highest BCUT2D eigenvalue weighted by Crippen LogP contribution is 2.27. The molecule has 0 saturated heterocycles. The number of fused-ring (bicyclic) bond motifs is 2. The molecule has 0 unspecified atom stereocenters.